The van der Waals surface area contributed by atoms with E-state index in [2.05, 4.69) is 10.3 Å². The summed E-state index contributed by atoms with van der Waals surface area (Å²) >= 11 is 1.67. The molecule has 0 radical (unpaired) electrons. The Hall–Kier alpha value is -1.28. The van der Waals surface area contributed by atoms with Crippen LogP contribution in [0.2, 0.25) is 0 Å². The van der Waals surface area contributed by atoms with E-state index in [0.717, 1.165) is 29.2 Å². The molecule has 1 aromatic carbocycles. The van der Waals surface area contributed by atoms with Crippen LogP contribution in [0.1, 0.15) is 29.2 Å². The van der Waals surface area contributed by atoms with Crippen molar-refractivity contribution in [2.45, 2.75) is 31.2 Å². The fourth-order valence-electron chi connectivity index (χ4n) is 1.98. The highest BCUT2D eigenvalue weighted by atomic mass is 32.2. The summed E-state index contributed by atoms with van der Waals surface area (Å²) < 4.78 is 22.4. The predicted octanol–water partition coefficient (Wildman–Crippen LogP) is 1.99. The van der Waals surface area contributed by atoms with E-state index in [-0.39, 0.29) is 10.9 Å². The van der Waals surface area contributed by atoms with E-state index < -0.39 is 10.0 Å². The first kappa shape index (κ1) is 16.1. The zero-order valence-corrected chi connectivity index (χ0v) is 13.7. The van der Waals surface area contributed by atoms with Crippen molar-refractivity contribution in [3.05, 3.63) is 45.9 Å². The SMILES string of the molecule is Cc1csc(CCNC(C)c2ccc(S(N)(=O)=O)cc2)n1. The number of hydrogen-bond acceptors (Lipinski definition) is 5. The highest BCUT2D eigenvalue weighted by Crippen LogP contribution is 2.16. The number of aromatic nitrogens is 1. The number of nitrogens with zero attached hydrogens (tertiary/aromatic N) is 1. The average Bonchev–Trinajstić information content (AvgIpc) is 2.83. The summed E-state index contributed by atoms with van der Waals surface area (Å²) in [6.07, 6.45) is 0.887. The normalized spacial score (nSPS) is 13.3. The van der Waals surface area contributed by atoms with Gasteiger partial charge in [0, 0.05) is 30.1 Å². The number of hydrogen-bond donors (Lipinski definition) is 2. The van der Waals surface area contributed by atoms with Crippen LogP contribution in [0, 0.1) is 6.92 Å². The van der Waals surface area contributed by atoms with Gasteiger partial charge in [-0.15, -0.1) is 11.3 Å². The zero-order chi connectivity index (χ0) is 15.5. The summed E-state index contributed by atoms with van der Waals surface area (Å²) in [5.74, 6) is 0. The number of thiazole rings is 1. The molecular weight excluding hydrogens is 306 g/mol. The Morgan fingerprint density at radius 2 is 2.00 bits per heavy atom. The molecule has 21 heavy (non-hydrogen) atoms. The van der Waals surface area contributed by atoms with E-state index in [1.165, 1.54) is 12.1 Å². The summed E-state index contributed by atoms with van der Waals surface area (Å²) in [7, 11) is -3.62. The summed E-state index contributed by atoms with van der Waals surface area (Å²) in [6.45, 7) is 4.85. The van der Waals surface area contributed by atoms with Gasteiger partial charge in [-0.05, 0) is 31.5 Å². The van der Waals surface area contributed by atoms with Gasteiger partial charge in [0.2, 0.25) is 10.0 Å². The number of nitrogens with one attached hydrogen (secondary N) is 1. The topological polar surface area (TPSA) is 85.1 Å². The van der Waals surface area contributed by atoms with Gasteiger partial charge in [0.15, 0.2) is 0 Å². The third-order valence-corrected chi connectivity index (χ3v) is 5.12. The standard InChI is InChI=1S/C14H19N3O2S2/c1-10-9-20-14(17-10)7-8-16-11(2)12-3-5-13(6-4-12)21(15,18)19/h3-6,9,11,16H,7-8H2,1-2H3,(H2,15,18,19). The maximum absolute atomic E-state index is 11.2. The largest absolute Gasteiger partial charge is 0.310 e. The first-order chi connectivity index (χ1) is 9.86. The van der Waals surface area contributed by atoms with Crippen LogP contribution >= 0.6 is 11.3 Å². The van der Waals surface area contributed by atoms with Gasteiger partial charge < -0.3 is 5.32 Å². The molecule has 3 N–H and O–H groups in total. The van der Waals surface area contributed by atoms with Gasteiger partial charge in [0.05, 0.1) is 9.90 Å². The summed E-state index contributed by atoms with van der Waals surface area (Å²) in [6, 6.07) is 6.77. The van der Waals surface area contributed by atoms with Crippen LogP contribution in [0.5, 0.6) is 0 Å². The van der Waals surface area contributed by atoms with Gasteiger partial charge in [0.25, 0.3) is 0 Å². The smallest absolute Gasteiger partial charge is 0.238 e. The Labute approximate surface area is 129 Å². The highest BCUT2D eigenvalue weighted by molar-refractivity contribution is 7.89. The predicted molar refractivity (Wildman–Crippen MR) is 84.8 cm³/mol. The van der Waals surface area contributed by atoms with Crippen LogP contribution in [0.4, 0.5) is 0 Å². The molecule has 0 bridgehead atoms. The van der Waals surface area contributed by atoms with Crippen molar-refractivity contribution >= 4 is 21.4 Å². The Bertz CT molecular complexity index is 693. The lowest BCUT2D eigenvalue weighted by molar-refractivity contribution is 0.575. The average molecular weight is 325 g/mol. The quantitative estimate of drug-likeness (QED) is 0.850. The van der Waals surface area contributed by atoms with E-state index in [1.807, 2.05) is 19.2 Å². The molecule has 0 saturated heterocycles. The van der Waals surface area contributed by atoms with Crippen molar-refractivity contribution in [1.29, 1.82) is 0 Å². The first-order valence-electron chi connectivity index (χ1n) is 6.63. The Balaban J connectivity index is 1.89. The van der Waals surface area contributed by atoms with Gasteiger partial charge >= 0.3 is 0 Å². The van der Waals surface area contributed by atoms with Gasteiger partial charge in [-0.2, -0.15) is 0 Å². The van der Waals surface area contributed by atoms with Crippen molar-refractivity contribution in [2.75, 3.05) is 6.54 Å². The number of nitrogens with two attached hydrogens (primary N) is 1. The van der Waals surface area contributed by atoms with Crippen LogP contribution in [-0.4, -0.2) is 19.9 Å². The lowest BCUT2D eigenvalue weighted by Gasteiger charge is -2.14. The van der Waals surface area contributed by atoms with Crippen molar-refractivity contribution in [1.82, 2.24) is 10.3 Å². The molecule has 0 spiro atoms. The molecule has 2 rings (SSSR count). The van der Waals surface area contributed by atoms with E-state index in [0.29, 0.717) is 0 Å². The molecule has 1 heterocycles. The Kier molecular flexibility index (Phi) is 5.10. The van der Waals surface area contributed by atoms with Crippen LogP contribution in [0.25, 0.3) is 0 Å². The second-order valence-electron chi connectivity index (χ2n) is 4.92. The minimum absolute atomic E-state index is 0.136. The number of aryl methyl sites for hydroxylation is 1. The van der Waals surface area contributed by atoms with Gasteiger partial charge in [-0.25, -0.2) is 18.5 Å². The molecule has 0 aliphatic heterocycles. The van der Waals surface area contributed by atoms with E-state index >= 15 is 0 Å². The molecule has 0 fully saturated rings. The molecule has 0 aliphatic rings. The highest BCUT2D eigenvalue weighted by Gasteiger charge is 2.09. The lowest BCUT2D eigenvalue weighted by atomic mass is 10.1. The van der Waals surface area contributed by atoms with Gasteiger partial charge in [-0.3, -0.25) is 0 Å². The van der Waals surface area contributed by atoms with Gasteiger partial charge in [0.1, 0.15) is 0 Å². The summed E-state index contributed by atoms with van der Waals surface area (Å²) in [5, 5.41) is 11.6. The maximum Gasteiger partial charge on any atom is 0.238 e. The molecular formula is C14H19N3O2S2. The molecule has 0 aliphatic carbocycles. The second kappa shape index (κ2) is 6.65. The van der Waals surface area contributed by atoms with Crippen LogP contribution < -0.4 is 10.5 Å². The van der Waals surface area contributed by atoms with Crippen LogP contribution in [0.15, 0.2) is 34.5 Å². The maximum atomic E-state index is 11.2. The fraction of sp³-hybridized carbons (Fsp3) is 0.357. The van der Waals surface area contributed by atoms with E-state index in [1.54, 1.807) is 23.5 Å². The minimum Gasteiger partial charge on any atom is -0.310 e. The number of rotatable bonds is 6. The van der Waals surface area contributed by atoms with Crippen LogP contribution in [-0.2, 0) is 16.4 Å². The van der Waals surface area contributed by atoms with Crippen molar-refractivity contribution < 1.29 is 8.42 Å². The Morgan fingerprint density at radius 3 is 2.52 bits per heavy atom. The first-order valence-corrected chi connectivity index (χ1v) is 9.06. The molecule has 1 unspecified atom stereocenters. The van der Waals surface area contributed by atoms with Crippen molar-refractivity contribution in [3.8, 4) is 0 Å². The third kappa shape index (κ3) is 4.60. The summed E-state index contributed by atoms with van der Waals surface area (Å²) in [4.78, 5) is 4.55. The number of benzene rings is 1. The minimum atomic E-state index is -3.62. The molecule has 2 aromatic rings. The summed E-state index contributed by atoms with van der Waals surface area (Å²) in [5.41, 5.74) is 2.08. The molecule has 5 nitrogen and oxygen atoms in total. The van der Waals surface area contributed by atoms with Gasteiger partial charge in [-0.1, -0.05) is 12.1 Å². The molecule has 0 saturated carbocycles. The molecule has 7 heteroatoms. The Morgan fingerprint density at radius 1 is 1.33 bits per heavy atom. The van der Waals surface area contributed by atoms with E-state index in [9.17, 15) is 8.42 Å². The molecule has 1 aromatic heterocycles. The molecule has 1 atom stereocenters. The van der Waals surface area contributed by atoms with Crippen molar-refractivity contribution in [2.24, 2.45) is 5.14 Å². The van der Waals surface area contributed by atoms with Crippen molar-refractivity contribution in [3.63, 3.8) is 0 Å². The third-order valence-electron chi connectivity index (χ3n) is 3.16. The fourth-order valence-corrected chi connectivity index (χ4v) is 3.27. The number of sulfonamides is 1. The lowest BCUT2D eigenvalue weighted by Crippen LogP contribution is -2.21. The second-order valence-corrected chi connectivity index (χ2v) is 7.43. The monoisotopic (exact) mass is 325 g/mol. The van der Waals surface area contributed by atoms with Crippen LogP contribution in [0.3, 0.4) is 0 Å². The van der Waals surface area contributed by atoms with E-state index in [4.69, 9.17) is 5.14 Å². The molecule has 0 amide bonds. The number of primary sulfonamides is 1. The molecule has 114 valence electrons. The zero-order valence-electron chi connectivity index (χ0n) is 12.0.